The summed E-state index contributed by atoms with van der Waals surface area (Å²) in [5.41, 5.74) is 6.13. The number of unbranched alkanes of at least 4 members (excludes halogenated alkanes) is 1. The fraction of sp³-hybridized carbons (Fsp3) is 0.529. The van der Waals surface area contributed by atoms with Crippen LogP contribution >= 0.6 is 11.3 Å². The molecule has 1 aliphatic heterocycles. The van der Waals surface area contributed by atoms with E-state index in [1.54, 1.807) is 5.38 Å². The summed E-state index contributed by atoms with van der Waals surface area (Å²) in [7, 11) is 2.07. The molecular weight excluding hydrogens is 354 g/mol. The van der Waals surface area contributed by atoms with E-state index in [1.165, 1.54) is 11.3 Å². The Morgan fingerprint density at radius 2 is 2.23 bits per heavy atom. The minimum absolute atomic E-state index is 0.0191. The Bertz CT molecular complexity index is 854. The molecule has 3 N–H and O–H groups in total. The number of amides is 1. The first-order valence-corrected chi connectivity index (χ1v) is 9.59. The van der Waals surface area contributed by atoms with Crippen LogP contribution < -0.4 is 11.3 Å². The van der Waals surface area contributed by atoms with Crippen molar-refractivity contribution in [3.63, 3.8) is 0 Å². The van der Waals surface area contributed by atoms with Crippen molar-refractivity contribution >= 4 is 39.7 Å². The van der Waals surface area contributed by atoms with E-state index in [-0.39, 0.29) is 17.4 Å². The van der Waals surface area contributed by atoms with Gasteiger partial charge >= 0.3 is 0 Å². The molecule has 0 radical (unpaired) electrons. The van der Waals surface area contributed by atoms with E-state index >= 15 is 0 Å². The van der Waals surface area contributed by atoms with Gasteiger partial charge in [0.15, 0.2) is 0 Å². The number of thiophene rings is 1. The number of carbonyl (C=O) groups excluding carboxylic acids is 2. The van der Waals surface area contributed by atoms with Crippen LogP contribution in [0, 0.1) is 0 Å². The number of fused-ring (bicyclic) bond motifs is 1. The molecule has 26 heavy (non-hydrogen) atoms. The number of aromatic nitrogens is 2. The lowest BCUT2D eigenvalue weighted by molar-refractivity contribution is -0.108. The first-order chi connectivity index (χ1) is 12.5. The number of nitrogens with zero attached hydrogens (tertiary/aromatic N) is 3. The summed E-state index contributed by atoms with van der Waals surface area (Å²) < 4.78 is 0.423. The third kappa shape index (κ3) is 3.78. The number of rotatable bonds is 6. The molecule has 0 aliphatic carbocycles. The topological polar surface area (TPSA) is 112 Å². The van der Waals surface area contributed by atoms with Crippen molar-refractivity contribution in [1.29, 1.82) is 0 Å². The van der Waals surface area contributed by atoms with Gasteiger partial charge in [0.25, 0.3) is 11.5 Å². The van der Waals surface area contributed by atoms with Crippen molar-refractivity contribution < 1.29 is 9.59 Å². The molecule has 3 rings (SSSR count). The summed E-state index contributed by atoms with van der Waals surface area (Å²) in [6, 6.07) is 0.418. The zero-order chi connectivity index (χ0) is 18.7. The minimum atomic E-state index is -0.313. The number of anilines is 1. The van der Waals surface area contributed by atoms with E-state index in [1.807, 2.05) is 4.90 Å². The highest BCUT2D eigenvalue weighted by Gasteiger charge is 2.27. The summed E-state index contributed by atoms with van der Waals surface area (Å²) in [5.74, 6) is -0.0820. The van der Waals surface area contributed by atoms with E-state index in [2.05, 4.69) is 21.9 Å². The summed E-state index contributed by atoms with van der Waals surface area (Å²) in [6.45, 7) is 2.22. The summed E-state index contributed by atoms with van der Waals surface area (Å²) in [6.07, 6.45) is 4.18. The van der Waals surface area contributed by atoms with Gasteiger partial charge < -0.3 is 20.3 Å². The molecule has 2 aromatic rings. The Hall–Kier alpha value is -2.26. The molecule has 1 aliphatic rings. The van der Waals surface area contributed by atoms with Crippen LogP contribution in [0.4, 0.5) is 5.95 Å². The van der Waals surface area contributed by atoms with Crippen molar-refractivity contribution in [3.8, 4) is 0 Å². The molecule has 3 heterocycles. The monoisotopic (exact) mass is 377 g/mol. The number of hydrogen-bond donors (Lipinski definition) is 2. The van der Waals surface area contributed by atoms with Gasteiger partial charge in [0.05, 0.1) is 5.56 Å². The largest absolute Gasteiger partial charge is 0.369 e. The van der Waals surface area contributed by atoms with Crippen LogP contribution in [0.2, 0.25) is 0 Å². The molecule has 1 saturated heterocycles. The average molecular weight is 377 g/mol. The van der Waals surface area contributed by atoms with Gasteiger partial charge in [0, 0.05) is 30.9 Å². The van der Waals surface area contributed by atoms with Gasteiger partial charge in [-0.25, -0.2) is 4.98 Å². The number of nitrogens with one attached hydrogen (secondary N) is 1. The molecular formula is C17H23N5O3S. The molecule has 140 valence electrons. The van der Waals surface area contributed by atoms with Crippen LogP contribution in [0.5, 0.6) is 0 Å². The number of H-pyrrole nitrogens is 1. The van der Waals surface area contributed by atoms with E-state index in [0.717, 1.165) is 32.1 Å². The molecule has 1 fully saturated rings. The molecule has 8 nitrogen and oxygen atoms in total. The quantitative estimate of drug-likeness (QED) is 0.575. The highest BCUT2D eigenvalue weighted by Crippen LogP contribution is 2.25. The molecule has 1 amide bonds. The molecule has 0 bridgehead atoms. The van der Waals surface area contributed by atoms with Crippen molar-refractivity contribution in [2.75, 3.05) is 32.4 Å². The van der Waals surface area contributed by atoms with E-state index < -0.39 is 0 Å². The summed E-state index contributed by atoms with van der Waals surface area (Å²) >= 11 is 1.21. The predicted molar refractivity (Wildman–Crippen MR) is 102 cm³/mol. The molecule has 0 aromatic carbocycles. The Morgan fingerprint density at radius 3 is 2.92 bits per heavy atom. The maximum atomic E-state index is 12.9. The lowest BCUT2D eigenvalue weighted by Gasteiger charge is -2.36. The van der Waals surface area contributed by atoms with E-state index in [9.17, 15) is 14.4 Å². The molecule has 0 atom stereocenters. The summed E-state index contributed by atoms with van der Waals surface area (Å²) in [5, 5.41) is 1.69. The molecule has 2 aromatic heterocycles. The van der Waals surface area contributed by atoms with Gasteiger partial charge in [-0.1, -0.05) is 0 Å². The third-order valence-electron chi connectivity index (χ3n) is 4.88. The first-order valence-electron chi connectivity index (χ1n) is 8.71. The van der Waals surface area contributed by atoms with Gasteiger partial charge in [-0.15, -0.1) is 11.3 Å². The van der Waals surface area contributed by atoms with E-state index in [4.69, 9.17) is 5.73 Å². The molecule has 0 spiro atoms. The van der Waals surface area contributed by atoms with E-state index in [0.29, 0.717) is 41.3 Å². The van der Waals surface area contributed by atoms with Crippen LogP contribution in [0.3, 0.4) is 0 Å². The predicted octanol–water partition coefficient (Wildman–Crippen LogP) is 1.08. The van der Waals surface area contributed by atoms with Gasteiger partial charge in [0.2, 0.25) is 5.95 Å². The fourth-order valence-corrected chi connectivity index (χ4v) is 4.26. The first kappa shape index (κ1) is 18.5. The number of aldehydes is 1. The molecule has 9 heteroatoms. The second kappa shape index (κ2) is 7.96. The molecule has 0 unspecified atom stereocenters. The van der Waals surface area contributed by atoms with Crippen molar-refractivity contribution in [3.05, 3.63) is 21.3 Å². The van der Waals surface area contributed by atoms with Gasteiger partial charge in [-0.05, 0) is 32.9 Å². The number of carbonyl (C=O) groups is 2. The highest BCUT2D eigenvalue weighted by atomic mass is 32.1. The van der Waals surface area contributed by atoms with Crippen molar-refractivity contribution in [1.82, 2.24) is 19.8 Å². The number of nitrogens with two attached hydrogens (primary N) is 1. The maximum Gasteiger partial charge on any atom is 0.270 e. The maximum absolute atomic E-state index is 12.9. The Balaban J connectivity index is 1.66. The Morgan fingerprint density at radius 1 is 1.50 bits per heavy atom. The summed E-state index contributed by atoms with van der Waals surface area (Å²) in [4.78, 5) is 45.9. The second-order valence-electron chi connectivity index (χ2n) is 6.59. The molecule has 0 saturated carbocycles. The fourth-order valence-electron chi connectivity index (χ4n) is 3.38. The Kier molecular flexibility index (Phi) is 5.67. The second-order valence-corrected chi connectivity index (χ2v) is 7.47. The van der Waals surface area contributed by atoms with Crippen LogP contribution in [0.15, 0.2) is 10.2 Å². The van der Waals surface area contributed by atoms with Crippen molar-refractivity contribution in [2.45, 2.75) is 31.7 Å². The normalized spacial score (nSPS) is 15.7. The number of likely N-dealkylation sites (tertiary alicyclic amines) is 1. The minimum Gasteiger partial charge on any atom is -0.369 e. The highest BCUT2D eigenvalue weighted by molar-refractivity contribution is 7.17. The van der Waals surface area contributed by atoms with Crippen LogP contribution in [0.25, 0.3) is 10.2 Å². The average Bonchev–Trinajstić information content (AvgIpc) is 3.05. The van der Waals surface area contributed by atoms with Gasteiger partial charge in [-0.3, -0.25) is 14.6 Å². The zero-order valence-corrected chi connectivity index (χ0v) is 15.6. The SMILES string of the molecule is CN(CCCC=O)C1CCN(C(=O)c2csc3c(=O)[nH]c(N)nc23)CC1. The number of aromatic amines is 1. The van der Waals surface area contributed by atoms with Crippen LogP contribution in [-0.2, 0) is 4.79 Å². The third-order valence-corrected chi connectivity index (χ3v) is 5.85. The lowest BCUT2D eigenvalue weighted by atomic mass is 10.0. The van der Waals surface area contributed by atoms with Gasteiger partial charge in [0.1, 0.15) is 16.5 Å². The Labute approximate surface area is 155 Å². The smallest absolute Gasteiger partial charge is 0.270 e. The van der Waals surface area contributed by atoms with Gasteiger partial charge in [-0.2, -0.15) is 0 Å². The van der Waals surface area contributed by atoms with Crippen LogP contribution in [0.1, 0.15) is 36.0 Å². The van der Waals surface area contributed by atoms with Crippen LogP contribution in [-0.4, -0.2) is 64.7 Å². The number of nitrogen functional groups attached to an aromatic ring is 1. The number of hydrogen-bond acceptors (Lipinski definition) is 7. The number of piperidine rings is 1. The zero-order valence-electron chi connectivity index (χ0n) is 14.7. The standard InChI is InChI=1S/C17H23N5O3S/c1-21(6-2-3-9-23)11-4-7-22(8-5-11)16(25)12-10-26-14-13(12)19-17(18)20-15(14)24/h9-11H,2-8H2,1H3,(H3,18,19,20,24). The van der Waals surface area contributed by atoms with Crippen molar-refractivity contribution in [2.24, 2.45) is 0 Å². The lowest BCUT2D eigenvalue weighted by Crippen LogP contribution is -2.45.